The summed E-state index contributed by atoms with van der Waals surface area (Å²) in [5.41, 5.74) is 21.0. The molecular weight excluding hydrogens is 1080 g/mol. The van der Waals surface area contributed by atoms with Gasteiger partial charge in [0.1, 0.15) is 0 Å². The highest BCUT2D eigenvalue weighted by molar-refractivity contribution is 7.26. The zero-order valence-electron chi connectivity index (χ0n) is 47.6. The third-order valence-corrected chi connectivity index (χ3v) is 19.7. The summed E-state index contributed by atoms with van der Waals surface area (Å²) in [6, 6.07) is 112. The maximum absolute atomic E-state index is 2.46. The van der Waals surface area contributed by atoms with E-state index in [1.54, 1.807) is 0 Å². The number of anilines is 6. The first-order valence-corrected chi connectivity index (χ1v) is 31.1. The molecule has 0 aliphatic heterocycles. The van der Waals surface area contributed by atoms with E-state index in [9.17, 15) is 0 Å². The molecule has 0 aliphatic rings. The number of nitrogens with zero attached hydrogens (tertiary/aromatic N) is 2. The molecule has 2 nitrogen and oxygen atoms in total. The normalized spacial score (nSPS) is 11.6. The van der Waals surface area contributed by atoms with Gasteiger partial charge in [0.2, 0.25) is 0 Å². The van der Waals surface area contributed by atoms with Gasteiger partial charge in [-0.1, -0.05) is 218 Å². The fraction of sp³-hybridized carbons (Fsp3) is 0.0244. The molecule has 0 saturated heterocycles. The third kappa shape index (κ3) is 9.01. The standard InChI is InChI=1S/C82H56N2S2/c1-53-49-61(41-47-75(53)83(77-29-11-7-21-67(77)63-35-33-55-17-3-5-19-59(55)51-63)65-43-37-57(38-44-65)69-25-15-27-73-71-23-9-13-31-79(71)85-81(69)73)62-42-48-76(54(2)50-62)84(78-30-12-8-22-68(78)64-36-34-56-18-4-6-20-60(56)52-64)66-45-39-58(40-46-66)70-26-16-28-74-72-24-10-14-32-80(72)86-82(70)74/h3-52H,1-2H3. The molecule has 406 valence electrons. The van der Waals surface area contributed by atoms with E-state index in [0.29, 0.717) is 0 Å². The van der Waals surface area contributed by atoms with Crippen LogP contribution in [0.5, 0.6) is 0 Å². The van der Waals surface area contributed by atoms with Crippen molar-refractivity contribution in [1.82, 2.24) is 0 Å². The van der Waals surface area contributed by atoms with Gasteiger partial charge in [0.25, 0.3) is 0 Å². The van der Waals surface area contributed by atoms with Gasteiger partial charge in [-0.05, 0) is 176 Å². The Morgan fingerprint density at radius 1 is 0.233 bits per heavy atom. The summed E-state index contributed by atoms with van der Waals surface area (Å²) in [5, 5.41) is 10.1. The van der Waals surface area contributed by atoms with Crippen molar-refractivity contribution >= 4 is 119 Å². The van der Waals surface area contributed by atoms with Crippen molar-refractivity contribution in [3.05, 3.63) is 314 Å². The monoisotopic (exact) mass is 1130 g/mol. The molecule has 2 aromatic heterocycles. The lowest BCUT2D eigenvalue weighted by Crippen LogP contribution is -2.13. The molecule has 0 atom stereocenters. The van der Waals surface area contributed by atoms with E-state index in [1.165, 1.54) is 129 Å². The summed E-state index contributed by atoms with van der Waals surface area (Å²) < 4.78 is 5.26. The van der Waals surface area contributed by atoms with Crippen molar-refractivity contribution in [1.29, 1.82) is 0 Å². The molecule has 0 saturated carbocycles. The Hall–Kier alpha value is -10.4. The molecule has 86 heavy (non-hydrogen) atoms. The van der Waals surface area contributed by atoms with Gasteiger partial charge in [0, 0.05) is 74.2 Å². The van der Waals surface area contributed by atoms with Crippen molar-refractivity contribution in [3.63, 3.8) is 0 Å². The molecule has 16 aromatic rings. The second kappa shape index (κ2) is 21.4. The van der Waals surface area contributed by atoms with Gasteiger partial charge in [-0.15, -0.1) is 22.7 Å². The highest BCUT2D eigenvalue weighted by atomic mass is 32.1. The van der Waals surface area contributed by atoms with E-state index >= 15 is 0 Å². The number of benzene rings is 14. The van der Waals surface area contributed by atoms with Crippen LogP contribution in [0.4, 0.5) is 34.1 Å². The molecule has 0 amide bonds. The van der Waals surface area contributed by atoms with Gasteiger partial charge in [-0.3, -0.25) is 0 Å². The minimum Gasteiger partial charge on any atom is -0.310 e. The first-order chi connectivity index (χ1) is 42.5. The summed E-state index contributed by atoms with van der Waals surface area (Å²) in [4.78, 5) is 4.92. The zero-order chi connectivity index (χ0) is 57.2. The highest BCUT2D eigenvalue weighted by Gasteiger charge is 2.23. The van der Waals surface area contributed by atoms with Gasteiger partial charge in [0.05, 0.1) is 11.4 Å². The second-order valence-corrected chi connectivity index (χ2v) is 24.6. The molecule has 0 spiro atoms. The van der Waals surface area contributed by atoms with Crippen molar-refractivity contribution in [3.8, 4) is 55.6 Å². The quantitative estimate of drug-likeness (QED) is 0.127. The summed E-state index contributed by atoms with van der Waals surface area (Å²) in [6.45, 7) is 4.52. The van der Waals surface area contributed by atoms with E-state index in [4.69, 9.17) is 0 Å². The van der Waals surface area contributed by atoms with Crippen molar-refractivity contribution < 1.29 is 0 Å². The Morgan fingerprint density at radius 2 is 0.581 bits per heavy atom. The molecule has 16 rings (SSSR count). The average Bonchev–Trinajstić information content (AvgIpc) is 2.22. The van der Waals surface area contributed by atoms with E-state index in [0.717, 1.165) is 34.1 Å². The van der Waals surface area contributed by atoms with E-state index < -0.39 is 0 Å². The molecule has 4 heteroatoms. The van der Waals surface area contributed by atoms with Crippen molar-refractivity contribution in [2.75, 3.05) is 9.80 Å². The Morgan fingerprint density at radius 3 is 1.02 bits per heavy atom. The van der Waals surface area contributed by atoms with E-state index in [-0.39, 0.29) is 0 Å². The summed E-state index contributed by atoms with van der Waals surface area (Å²) >= 11 is 3.75. The summed E-state index contributed by atoms with van der Waals surface area (Å²) in [6.07, 6.45) is 0. The Balaban J connectivity index is 0.794. The van der Waals surface area contributed by atoms with Gasteiger partial charge in [0.15, 0.2) is 0 Å². The average molecular weight is 1130 g/mol. The molecular formula is C82H56N2S2. The molecule has 14 aromatic carbocycles. The maximum atomic E-state index is 2.46. The number of para-hydroxylation sites is 2. The van der Waals surface area contributed by atoms with Crippen LogP contribution in [0.2, 0.25) is 0 Å². The minimum absolute atomic E-state index is 1.09. The Labute approximate surface area is 509 Å². The van der Waals surface area contributed by atoms with E-state index in [1.807, 2.05) is 22.7 Å². The van der Waals surface area contributed by atoms with Crippen LogP contribution in [-0.4, -0.2) is 0 Å². The number of rotatable bonds is 11. The number of thiophene rings is 2. The number of hydrogen-bond acceptors (Lipinski definition) is 4. The molecule has 0 radical (unpaired) electrons. The predicted molar refractivity (Wildman–Crippen MR) is 373 cm³/mol. The van der Waals surface area contributed by atoms with Crippen LogP contribution in [0.15, 0.2) is 303 Å². The Kier molecular flexibility index (Phi) is 12.7. The third-order valence-electron chi connectivity index (χ3n) is 17.3. The van der Waals surface area contributed by atoms with Gasteiger partial charge in [-0.25, -0.2) is 0 Å². The summed E-state index contributed by atoms with van der Waals surface area (Å²) in [7, 11) is 0. The van der Waals surface area contributed by atoms with Crippen LogP contribution in [0.25, 0.3) is 118 Å². The molecule has 0 N–H and O–H groups in total. The van der Waals surface area contributed by atoms with Crippen LogP contribution < -0.4 is 9.80 Å². The van der Waals surface area contributed by atoms with Gasteiger partial charge < -0.3 is 9.80 Å². The molecule has 0 bridgehead atoms. The van der Waals surface area contributed by atoms with Crippen LogP contribution in [-0.2, 0) is 0 Å². The zero-order valence-corrected chi connectivity index (χ0v) is 49.2. The molecule has 0 fully saturated rings. The van der Waals surface area contributed by atoms with Crippen LogP contribution in [0, 0.1) is 13.8 Å². The van der Waals surface area contributed by atoms with Crippen LogP contribution >= 0.6 is 22.7 Å². The fourth-order valence-electron chi connectivity index (χ4n) is 13.1. The molecule has 2 heterocycles. The SMILES string of the molecule is Cc1cc(-c2ccc(N(c3ccc(-c4cccc5c4sc4ccccc45)cc3)c3ccccc3-c3ccc4ccccc4c3)c(C)c2)ccc1N(c1ccc(-c2cccc3c2sc2ccccc23)cc1)c1ccccc1-c1ccc2ccccc2c1. The lowest BCUT2D eigenvalue weighted by molar-refractivity contribution is 1.24. The largest absolute Gasteiger partial charge is 0.310 e. The van der Waals surface area contributed by atoms with Crippen LogP contribution in [0.1, 0.15) is 11.1 Å². The fourth-order valence-corrected chi connectivity index (χ4v) is 15.5. The molecule has 0 aliphatic carbocycles. The van der Waals surface area contributed by atoms with Gasteiger partial charge >= 0.3 is 0 Å². The number of fused-ring (bicyclic) bond motifs is 8. The number of hydrogen-bond donors (Lipinski definition) is 0. The van der Waals surface area contributed by atoms with Crippen molar-refractivity contribution in [2.45, 2.75) is 13.8 Å². The van der Waals surface area contributed by atoms with Crippen molar-refractivity contribution in [2.24, 2.45) is 0 Å². The van der Waals surface area contributed by atoms with E-state index in [2.05, 4.69) is 327 Å². The maximum Gasteiger partial charge on any atom is 0.0540 e. The minimum atomic E-state index is 1.09. The molecule has 0 unspecified atom stereocenters. The lowest BCUT2D eigenvalue weighted by Gasteiger charge is -2.30. The summed E-state index contributed by atoms with van der Waals surface area (Å²) in [5.74, 6) is 0. The smallest absolute Gasteiger partial charge is 0.0540 e. The van der Waals surface area contributed by atoms with Gasteiger partial charge in [-0.2, -0.15) is 0 Å². The Bertz CT molecular complexity index is 4950. The first-order valence-electron chi connectivity index (χ1n) is 29.5. The van der Waals surface area contributed by atoms with Crippen LogP contribution in [0.3, 0.4) is 0 Å². The predicted octanol–water partition coefficient (Wildman–Crippen LogP) is 24.6. The topological polar surface area (TPSA) is 6.48 Å². The highest BCUT2D eigenvalue weighted by Crippen LogP contribution is 2.48. The second-order valence-electron chi connectivity index (χ2n) is 22.5. The first kappa shape index (κ1) is 51.3. The number of aryl methyl sites for hydroxylation is 2. The lowest BCUT2D eigenvalue weighted by atomic mass is 9.96.